The van der Waals surface area contributed by atoms with Crippen LogP contribution in [0.3, 0.4) is 0 Å². The fourth-order valence-electron chi connectivity index (χ4n) is 2.18. The molecular weight excluding hydrogens is 292 g/mol. The highest BCUT2D eigenvalue weighted by molar-refractivity contribution is 7.91. The molecule has 0 radical (unpaired) electrons. The van der Waals surface area contributed by atoms with Gasteiger partial charge in [-0.15, -0.1) is 0 Å². The maximum absolute atomic E-state index is 11.5. The molecule has 0 aliphatic carbocycles. The molecule has 1 aliphatic rings. The van der Waals surface area contributed by atoms with Crippen molar-refractivity contribution in [2.24, 2.45) is 5.92 Å². The quantitative estimate of drug-likeness (QED) is 0.761. The van der Waals surface area contributed by atoms with E-state index >= 15 is 0 Å². The number of ether oxygens (including phenoxy) is 1. The fourth-order valence-corrected chi connectivity index (χ4v) is 4.04. The van der Waals surface area contributed by atoms with E-state index < -0.39 is 9.84 Å². The highest BCUT2D eigenvalue weighted by Gasteiger charge is 2.27. The van der Waals surface area contributed by atoms with Gasteiger partial charge in [-0.05, 0) is 24.5 Å². The molecule has 2 rings (SSSR count). The van der Waals surface area contributed by atoms with E-state index in [2.05, 4.69) is 10.6 Å². The number of carbonyl (C=O) groups is 1. The first-order valence-corrected chi connectivity index (χ1v) is 8.77. The van der Waals surface area contributed by atoms with E-state index in [1.165, 1.54) is 0 Å². The van der Waals surface area contributed by atoms with Crippen molar-refractivity contribution in [2.45, 2.75) is 6.42 Å². The molecule has 0 bridgehead atoms. The van der Waals surface area contributed by atoms with Crippen LogP contribution >= 0.6 is 0 Å². The molecule has 1 atom stereocenters. The molecule has 0 spiro atoms. The third kappa shape index (κ3) is 5.63. The second-order valence-electron chi connectivity index (χ2n) is 5.07. The molecule has 0 aromatic heterocycles. The monoisotopic (exact) mass is 312 g/mol. The smallest absolute Gasteiger partial charge is 0.314 e. The number of amides is 2. The van der Waals surface area contributed by atoms with Crippen molar-refractivity contribution in [1.29, 1.82) is 0 Å². The number of carbonyl (C=O) groups excluding carboxylic acids is 1. The standard InChI is InChI=1S/C14H20N2O4S/c17-14(16-10-12-6-9-21(18,19)11-12)15-7-8-20-13-4-2-1-3-5-13/h1-5,12H,6-11H2,(H2,15,16,17)/t12-/m1/s1. The normalized spacial score (nSPS) is 19.9. The minimum Gasteiger partial charge on any atom is -0.492 e. The lowest BCUT2D eigenvalue weighted by atomic mass is 10.1. The van der Waals surface area contributed by atoms with E-state index in [4.69, 9.17) is 4.74 Å². The van der Waals surface area contributed by atoms with Crippen molar-refractivity contribution in [1.82, 2.24) is 10.6 Å². The van der Waals surface area contributed by atoms with Gasteiger partial charge in [-0.25, -0.2) is 13.2 Å². The number of rotatable bonds is 6. The van der Waals surface area contributed by atoms with E-state index in [9.17, 15) is 13.2 Å². The van der Waals surface area contributed by atoms with E-state index in [0.29, 0.717) is 26.1 Å². The van der Waals surface area contributed by atoms with E-state index in [0.717, 1.165) is 5.75 Å². The Hall–Kier alpha value is -1.76. The summed E-state index contributed by atoms with van der Waals surface area (Å²) in [4.78, 5) is 11.5. The number of nitrogens with one attached hydrogen (secondary N) is 2. The fraction of sp³-hybridized carbons (Fsp3) is 0.500. The summed E-state index contributed by atoms with van der Waals surface area (Å²) in [6.45, 7) is 1.17. The molecule has 2 N–H and O–H groups in total. The molecule has 1 fully saturated rings. The highest BCUT2D eigenvalue weighted by atomic mass is 32.2. The molecule has 0 unspecified atom stereocenters. The largest absolute Gasteiger partial charge is 0.492 e. The second-order valence-corrected chi connectivity index (χ2v) is 7.30. The van der Waals surface area contributed by atoms with Crippen molar-refractivity contribution >= 4 is 15.9 Å². The summed E-state index contributed by atoms with van der Waals surface area (Å²) in [5, 5.41) is 5.36. The average Bonchev–Trinajstić information content (AvgIpc) is 2.82. The minimum absolute atomic E-state index is 0.0290. The van der Waals surface area contributed by atoms with Crippen LogP contribution < -0.4 is 15.4 Å². The van der Waals surface area contributed by atoms with Crippen LogP contribution in [0.15, 0.2) is 30.3 Å². The molecule has 6 nitrogen and oxygen atoms in total. The molecule has 21 heavy (non-hydrogen) atoms. The average molecular weight is 312 g/mol. The lowest BCUT2D eigenvalue weighted by molar-refractivity contribution is 0.235. The molecule has 1 aliphatic heterocycles. The van der Waals surface area contributed by atoms with Crippen molar-refractivity contribution < 1.29 is 17.9 Å². The van der Waals surface area contributed by atoms with Gasteiger partial charge in [0.2, 0.25) is 0 Å². The third-order valence-corrected chi connectivity index (χ3v) is 5.11. The van der Waals surface area contributed by atoms with Crippen molar-refractivity contribution in [3.8, 4) is 5.75 Å². The van der Waals surface area contributed by atoms with Crippen LogP contribution in [-0.4, -0.2) is 45.7 Å². The lowest BCUT2D eigenvalue weighted by Gasteiger charge is -2.11. The molecule has 1 heterocycles. The Labute approximate surface area is 124 Å². The molecule has 1 saturated heterocycles. The Bertz CT molecular complexity index is 560. The Kier molecular flexibility index (Phi) is 5.44. The number of para-hydroxylation sites is 1. The first kappa shape index (κ1) is 15.6. The lowest BCUT2D eigenvalue weighted by Crippen LogP contribution is -2.40. The number of hydrogen-bond donors (Lipinski definition) is 2. The van der Waals surface area contributed by atoms with Gasteiger partial charge >= 0.3 is 6.03 Å². The maximum Gasteiger partial charge on any atom is 0.314 e. The van der Waals surface area contributed by atoms with Gasteiger partial charge in [0.1, 0.15) is 12.4 Å². The van der Waals surface area contributed by atoms with E-state index in [1.54, 1.807) is 0 Å². The Morgan fingerprint density at radius 2 is 2.00 bits per heavy atom. The Balaban J connectivity index is 1.56. The maximum atomic E-state index is 11.5. The summed E-state index contributed by atoms with van der Waals surface area (Å²) >= 11 is 0. The van der Waals surface area contributed by atoms with Gasteiger partial charge in [0.15, 0.2) is 9.84 Å². The van der Waals surface area contributed by atoms with Gasteiger partial charge in [0, 0.05) is 6.54 Å². The predicted molar refractivity (Wildman–Crippen MR) is 80.1 cm³/mol. The molecule has 0 saturated carbocycles. The van der Waals surface area contributed by atoms with Gasteiger partial charge in [-0.1, -0.05) is 18.2 Å². The van der Waals surface area contributed by atoms with Crippen LogP contribution in [0.25, 0.3) is 0 Å². The zero-order valence-electron chi connectivity index (χ0n) is 11.7. The molecule has 2 amide bonds. The molecular formula is C14H20N2O4S. The molecule has 7 heteroatoms. The third-order valence-electron chi connectivity index (χ3n) is 3.28. The van der Waals surface area contributed by atoms with Crippen LogP contribution in [0.1, 0.15) is 6.42 Å². The summed E-state index contributed by atoms with van der Waals surface area (Å²) in [5.74, 6) is 1.19. The highest BCUT2D eigenvalue weighted by Crippen LogP contribution is 2.17. The summed E-state index contributed by atoms with van der Waals surface area (Å²) in [5.41, 5.74) is 0. The van der Waals surface area contributed by atoms with Gasteiger partial charge in [-0.3, -0.25) is 0 Å². The zero-order valence-corrected chi connectivity index (χ0v) is 12.6. The topological polar surface area (TPSA) is 84.5 Å². The minimum atomic E-state index is -2.89. The Morgan fingerprint density at radius 1 is 1.24 bits per heavy atom. The van der Waals surface area contributed by atoms with Crippen LogP contribution in [0.5, 0.6) is 5.75 Å². The number of benzene rings is 1. The molecule has 1 aromatic carbocycles. The number of sulfone groups is 1. The molecule has 1 aromatic rings. The van der Waals surface area contributed by atoms with Crippen LogP contribution in [0.4, 0.5) is 4.79 Å². The van der Waals surface area contributed by atoms with Crippen molar-refractivity contribution in [3.63, 3.8) is 0 Å². The Morgan fingerprint density at radius 3 is 2.67 bits per heavy atom. The first-order chi connectivity index (χ1) is 10.1. The molecule has 116 valence electrons. The summed E-state index contributed by atoms with van der Waals surface area (Å²) in [6, 6.07) is 9.06. The van der Waals surface area contributed by atoms with Crippen molar-refractivity contribution in [3.05, 3.63) is 30.3 Å². The first-order valence-electron chi connectivity index (χ1n) is 6.95. The summed E-state index contributed by atoms with van der Waals surface area (Å²) in [7, 11) is -2.89. The van der Waals surface area contributed by atoms with Gasteiger partial charge in [-0.2, -0.15) is 0 Å². The van der Waals surface area contributed by atoms with E-state index in [1.807, 2.05) is 30.3 Å². The summed E-state index contributed by atoms with van der Waals surface area (Å²) < 4.78 is 28.0. The SMILES string of the molecule is O=C(NCCOc1ccccc1)NC[C@H]1CCS(=O)(=O)C1. The zero-order chi connectivity index (χ0) is 15.1. The van der Waals surface area contributed by atoms with Gasteiger partial charge < -0.3 is 15.4 Å². The second kappa shape index (κ2) is 7.31. The van der Waals surface area contributed by atoms with Gasteiger partial charge in [0.25, 0.3) is 0 Å². The van der Waals surface area contributed by atoms with Crippen molar-refractivity contribution in [2.75, 3.05) is 31.2 Å². The number of urea groups is 1. The predicted octanol–water partition coefficient (Wildman–Crippen LogP) is 0.799. The van der Waals surface area contributed by atoms with Crippen LogP contribution in [0, 0.1) is 5.92 Å². The van der Waals surface area contributed by atoms with E-state index in [-0.39, 0.29) is 23.5 Å². The number of hydrogen-bond acceptors (Lipinski definition) is 4. The van der Waals surface area contributed by atoms with Crippen LogP contribution in [-0.2, 0) is 9.84 Å². The summed E-state index contributed by atoms with van der Waals surface area (Å²) in [6.07, 6.45) is 0.625. The van der Waals surface area contributed by atoms with Crippen LogP contribution in [0.2, 0.25) is 0 Å². The van der Waals surface area contributed by atoms with Gasteiger partial charge in [0.05, 0.1) is 18.1 Å².